The fourth-order valence-corrected chi connectivity index (χ4v) is 4.54. The van der Waals surface area contributed by atoms with Crippen LogP contribution < -0.4 is 15.0 Å². The molecule has 160 valence electrons. The van der Waals surface area contributed by atoms with Crippen molar-refractivity contribution in [2.24, 2.45) is 0 Å². The van der Waals surface area contributed by atoms with Crippen molar-refractivity contribution in [1.82, 2.24) is 10.3 Å². The zero-order valence-electron chi connectivity index (χ0n) is 17.8. The van der Waals surface area contributed by atoms with Gasteiger partial charge in [-0.25, -0.2) is 4.39 Å². The summed E-state index contributed by atoms with van der Waals surface area (Å²) in [5, 5.41) is 3.16. The predicted molar refractivity (Wildman–Crippen MR) is 116 cm³/mol. The van der Waals surface area contributed by atoms with Gasteiger partial charge >= 0.3 is 0 Å². The fraction of sp³-hybridized carbons (Fsp3) is 0.500. The number of carbonyl (C=O) groups excluding carboxylic acids is 1. The number of hydrogen-bond donors (Lipinski definition) is 1. The summed E-state index contributed by atoms with van der Waals surface area (Å²) in [5.74, 6) is 0.178. The monoisotopic (exact) mass is 411 g/mol. The average molecular weight is 412 g/mol. The maximum absolute atomic E-state index is 13.7. The molecule has 5 nitrogen and oxygen atoms in total. The number of pyridine rings is 1. The first-order valence-corrected chi connectivity index (χ1v) is 10.9. The zero-order chi connectivity index (χ0) is 21.1. The maximum Gasteiger partial charge on any atom is 0.270 e. The minimum absolute atomic E-state index is 0.172. The van der Waals surface area contributed by atoms with Crippen LogP contribution in [0.5, 0.6) is 5.75 Å². The molecular formula is C24H30FN3O2. The third-order valence-electron chi connectivity index (χ3n) is 6.41. The minimum Gasteiger partial charge on any atom is -0.496 e. The van der Waals surface area contributed by atoms with Gasteiger partial charge < -0.3 is 15.0 Å². The van der Waals surface area contributed by atoms with Crippen molar-refractivity contribution < 1.29 is 13.9 Å². The second kappa shape index (κ2) is 8.62. The van der Waals surface area contributed by atoms with Crippen LogP contribution in [0.15, 0.2) is 36.5 Å². The Morgan fingerprint density at radius 3 is 2.87 bits per heavy atom. The SMILES string of the molecule is CCC1CCCCN1c1ccnc(C(=O)NC2(Cc3cc(F)ccc3OC)CC2)c1. The maximum atomic E-state index is 13.7. The van der Waals surface area contributed by atoms with E-state index < -0.39 is 0 Å². The molecular weight excluding hydrogens is 381 g/mol. The molecule has 0 radical (unpaired) electrons. The van der Waals surface area contributed by atoms with Crippen molar-refractivity contribution in [3.63, 3.8) is 0 Å². The van der Waals surface area contributed by atoms with E-state index in [4.69, 9.17) is 4.74 Å². The van der Waals surface area contributed by atoms with Crippen LogP contribution >= 0.6 is 0 Å². The zero-order valence-corrected chi connectivity index (χ0v) is 17.8. The lowest BCUT2D eigenvalue weighted by atomic mass is 9.99. The molecule has 1 saturated heterocycles. The first-order valence-electron chi connectivity index (χ1n) is 10.9. The first kappa shape index (κ1) is 20.6. The summed E-state index contributed by atoms with van der Waals surface area (Å²) in [7, 11) is 1.58. The molecule has 0 spiro atoms. The molecule has 1 amide bonds. The van der Waals surface area contributed by atoms with Crippen molar-refractivity contribution in [1.29, 1.82) is 0 Å². The van der Waals surface area contributed by atoms with Crippen LogP contribution in [0.25, 0.3) is 0 Å². The van der Waals surface area contributed by atoms with E-state index in [0.29, 0.717) is 23.9 Å². The van der Waals surface area contributed by atoms with Crippen LogP contribution in [0.3, 0.4) is 0 Å². The van der Waals surface area contributed by atoms with Gasteiger partial charge in [0.1, 0.15) is 17.3 Å². The predicted octanol–water partition coefficient (Wildman–Crippen LogP) is 4.50. The van der Waals surface area contributed by atoms with Crippen molar-refractivity contribution >= 4 is 11.6 Å². The number of hydrogen-bond acceptors (Lipinski definition) is 4. The van der Waals surface area contributed by atoms with Gasteiger partial charge in [-0.3, -0.25) is 9.78 Å². The van der Waals surface area contributed by atoms with Gasteiger partial charge in [0.25, 0.3) is 5.91 Å². The van der Waals surface area contributed by atoms with E-state index >= 15 is 0 Å². The van der Waals surface area contributed by atoms with Gasteiger partial charge in [0, 0.05) is 30.0 Å². The van der Waals surface area contributed by atoms with Gasteiger partial charge in [0.15, 0.2) is 0 Å². The fourth-order valence-electron chi connectivity index (χ4n) is 4.54. The van der Waals surface area contributed by atoms with Crippen molar-refractivity contribution in [3.8, 4) is 5.75 Å². The molecule has 2 heterocycles. The summed E-state index contributed by atoms with van der Waals surface area (Å²) in [6.45, 7) is 3.24. The second-order valence-corrected chi connectivity index (χ2v) is 8.52. The van der Waals surface area contributed by atoms with Gasteiger partial charge in [0.05, 0.1) is 7.11 Å². The Morgan fingerprint density at radius 1 is 1.30 bits per heavy atom. The molecule has 2 fully saturated rings. The molecule has 1 atom stereocenters. The third kappa shape index (κ3) is 4.42. The first-order chi connectivity index (χ1) is 14.5. The van der Waals surface area contributed by atoms with Crippen LogP contribution in [-0.2, 0) is 6.42 Å². The average Bonchev–Trinajstić information content (AvgIpc) is 3.52. The Kier molecular flexibility index (Phi) is 5.93. The smallest absolute Gasteiger partial charge is 0.270 e. The molecule has 1 aliphatic carbocycles. The Bertz CT molecular complexity index is 913. The Morgan fingerprint density at radius 2 is 2.13 bits per heavy atom. The molecule has 1 aromatic carbocycles. The van der Waals surface area contributed by atoms with Crippen LogP contribution in [-0.4, -0.2) is 36.1 Å². The number of nitrogens with zero attached hydrogens (tertiary/aromatic N) is 2. The van der Waals surface area contributed by atoms with Gasteiger partial charge in [-0.1, -0.05) is 6.92 Å². The summed E-state index contributed by atoms with van der Waals surface area (Å²) < 4.78 is 19.1. The number of methoxy groups -OCH3 is 1. The number of nitrogens with one attached hydrogen (secondary N) is 1. The normalized spacial score (nSPS) is 20.0. The molecule has 2 aliphatic rings. The van der Waals surface area contributed by atoms with E-state index in [0.717, 1.165) is 37.1 Å². The number of anilines is 1. The molecule has 1 aromatic heterocycles. The summed E-state index contributed by atoms with van der Waals surface area (Å²) in [6.07, 6.45) is 8.73. The van der Waals surface area contributed by atoms with Crippen LogP contribution in [0.2, 0.25) is 0 Å². The highest BCUT2D eigenvalue weighted by Gasteiger charge is 2.45. The Balaban J connectivity index is 1.48. The quantitative estimate of drug-likeness (QED) is 0.729. The van der Waals surface area contributed by atoms with E-state index in [1.807, 2.05) is 12.1 Å². The van der Waals surface area contributed by atoms with E-state index in [2.05, 4.69) is 22.1 Å². The Hall–Kier alpha value is -2.63. The van der Waals surface area contributed by atoms with Crippen molar-refractivity contribution in [2.45, 2.75) is 63.5 Å². The summed E-state index contributed by atoms with van der Waals surface area (Å²) in [5.41, 5.74) is 1.92. The van der Waals surface area contributed by atoms with Crippen LogP contribution in [0, 0.1) is 5.82 Å². The van der Waals surface area contributed by atoms with E-state index in [1.165, 1.54) is 31.4 Å². The number of aromatic nitrogens is 1. The molecule has 1 unspecified atom stereocenters. The molecule has 1 N–H and O–H groups in total. The van der Waals surface area contributed by atoms with Crippen molar-refractivity contribution in [3.05, 3.63) is 53.6 Å². The summed E-state index contributed by atoms with van der Waals surface area (Å²) >= 11 is 0. The number of piperidine rings is 1. The van der Waals surface area contributed by atoms with Crippen LogP contribution in [0.4, 0.5) is 10.1 Å². The number of halogens is 1. The molecule has 0 bridgehead atoms. The number of benzene rings is 1. The number of carbonyl (C=O) groups is 1. The van der Waals surface area contributed by atoms with Gasteiger partial charge in [-0.15, -0.1) is 0 Å². The van der Waals surface area contributed by atoms with Crippen LogP contribution in [0.1, 0.15) is 61.5 Å². The Labute approximate surface area is 177 Å². The van der Waals surface area contributed by atoms with Gasteiger partial charge in [-0.2, -0.15) is 0 Å². The molecule has 6 heteroatoms. The molecule has 1 saturated carbocycles. The lowest BCUT2D eigenvalue weighted by Gasteiger charge is -2.37. The molecule has 2 aromatic rings. The standard InChI is InChI=1S/C24H30FN3O2/c1-3-19-6-4-5-13-28(19)20-9-12-26-21(15-20)23(29)27-24(10-11-24)16-17-14-18(25)7-8-22(17)30-2/h7-9,12,14-15,19H,3-6,10-11,13,16H2,1-2H3,(H,27,29). The summed E-state index contributed by atoms with van der Waals surface area (Å²) in [4.78, 5) is 19.7. The number of rotatable bonds is 7. The topological polar surface area (TPSA) is 54.5 Å². The largest absolute Gasteiger partial charge is 0.496 e. The second-order valence-electron chi connectivity index (χ2n) is 8.52. The third-order valence-corrected chi connectivity index (χ3v) is 6.41. The highest BCUT2D eigenvalue weighted by molar-refractivity contribution is 5.94. The van der Waals surface area contributed by atoms with Gasteiger partial charge in [-0.05, 0) is 80.8 Å². The summed E-state index contributed by atoms with van der Waals surface area (Å²) in [6, 6.07) is 8.94. The van der Waals surface area contributed by atoms with E-state index in [-0.39, 0.29) is 17.3 Å². The van der Waals surface area contributed by atoms with E-state index in [9.17, 15) is 9.18 Å². The molecule has 30 heavy (non-hydrogen) atoms. The molecule has 1 aliphatic heterocycles. The number of amides is 1. The highest BCUT2D eigenvalue weighted by Crippen LogP contribution is 2.41. The highest BCUT2D eigenvalue weighted by atomic mass is 19.1. The van der Waals surface area contributed by atoms with Gasteiger partial charge in [0.2, 0.25) is 0 Å². The van der Waals surface area contributed by atoms with E-state index in [1.54, 1.807) is 19.4 Å². The van der Waals surface area contributed by atoms with Crippen molar-refractivity contribution in [2.75, 3.05) is 18.6 Å². The minimum atomic E-state index is -0.354. The molecule has 4 rings (SSSR count). The lowest BCUT2D eigenvalue weighted by Crippen LogP contribution is -2.40. The number of ether oxygens (including phenoxy) is 1. The lowest BCUT2D eigenvalue weighted by molar-refractivity contribution is 0.0926.